The van der Waals surface area contributed by atoms with E-state index >= 15 is 0 Å². The molecule has 0 aromatic carbocycles. The predicted molar refractivity (Wildman–Crippen MR) is 71.3 cm³/mol. The number of aliphatic hydroxyl groups excluding tert-OH is 1. The van der Waals surface area contributed by atoms with Crippen LogP contribution in [0.3, 0.4) is 0 Å². The van der Waals surface area contributed by atoms with Gasteiger partial charge < -0.3 is 14.9 Å². The minimum atomic E-state index is -0.140. The van der Waals surface area contributed by atoms with E-state index in [1.165, 1.54) is 0 Å². The molecule has 5 nitrogen and oxygen atoms in total. The van der Waals surface area contributed by atoms with E-state index in [2.05, 4.69) is 0 Å². The molecule has 0 radical (unpaired) electrons. The summed E-state index contributed by atoms with van der Waals surface area (Å²) in [6.45, 7) is 3.23. The normalized spacial score (nSPS) is 22.2. The van der Waals surface area contributed by atoms with Gasteiger partial charge in [-0.2, -0.15) is 0 Å². The van der Waals surface area contributed by atoms with Crippen molar-refractivity contribution in [2.75, 3.05) is 26.7 Å². The summed E-state index contributed by atoms with van der Waals surface area (Å²) < 4.78 is 0. The quantitative estimate of drug-likeness (QED) is 0.806. The monoisotopic (exact) mass is 268 g/mol. The molecule has 1 unspecified atom stereocenters. The van der Waals surface area contributed by atoms with Crippen molar-refractivity contribution in [2.24, 2.45) is 11.8 Å². The number of likely N-dealkylation sites (tertiary alicyclic amines) is 1. The molecule has 1 aliphatic heterocycles. The third-order valence-corrected chi connectivity index (χ3v) is 4.36. The molecule has 0 aromatic rings. The Balaban J connectivity index is 1.82. The molecular formula is C14H24N2O3. The highest BCUT2D eigenvalue weighted by Gasteiger charge is 2.36. The second-order valence-electron chi connectivity index (χ2n) is 5.85. The van der Waals surface area contributed by atoms with Crippen molar-refractivity contribution in [1.29, 1.82) is 0 Å². The van der Waals surface area contributed by atoms with Gasteiger partial charge >= 0.3 is 0 Å². The highest BCUT2D eigenvalue weighted by molar-refractivity contribution is 5.82. The zero-order valence-corrected chi connectivity index (χ0v) is 11.8. The second-order valence-corrected chi connectivity index (χ2v) is 5.85. The Labute approximate surface area is 114 Å². The van der Waals surface area contributed by atoms with Crippen LogP contribution in [-0.4, -0.2) is 59.5 Å². The van der Waals surface area contributed by atoms with Crippen LogP contribution in [0, 0.1) is 11.8 Å². The number of carbonyl (C=O) groups is 2. The van der Waals surface area contributed by atoms with Crippen LogP contribution in [0.15, 0.2) is 0 Å². The molecule has 1 heterocycles. The van der Waals surface area contributed by atoms with Gasteiger partial charge in [-0.3, -0.25) is 9.59 Å². The first-order chi connectivity index (χ1) is 9.04. The number of amides is 2. The van der Waals surface area contributed by atoms with E-state index in [4.69, 9.17) is 5.11 Å². The van der Waals surface area contributed by atoms with Crippen molar-refractivity contribution < 1.29 is 14.7 Å². The molecule has 108 valence electrons. The Kier molecular flexibility index (Phi) is 4.45. The van der Waals surface area contributed by atoms with Gasteiger partial charge in [-0.15, -0.1) is 0 Å². The lowest BCUT2D eigenvalue weighted by atomic mass is 9.94. The molecule has 1 aliphatic carbocycles. The highest BCUT2D eigenvalue weighted by atomic mass is 16.3. The van der Waals surface area contributed by atoms with Crippen molar-refractivity contribution >= 4 is 11.8 Å². The fourth-order valence-electron chi connectivity index (χ4n) is 2.56. The Bertz CT molecular complexity index is 347. The maximum atomic E-state index is 12.2. The molecule has 1 atom stereocenters. The third-order valence-electron chi connectivity index (χ3n) is 4.36. The second kappa shape index (κ2) is 5.90. The van der Waals surface area contributed by atoms with E-state index in [0.717, 1.165) is 25.7 Å². The van der Waals surface area contributed by atoms with Gasteiger partial charge in [0.25, 0.3) is 0 Å². The molecule has 0 bridgehead atoms. The lowest BCUT2D eigenvalue weighted by molar-refractivity contribution is -0.142. The minimum absolute atomic E-state index is 0.00209. The van der Waals surface area contributed by atoms with Crippen LogP contribution in [-0.2, 0) is 9.59 Å². The van der Waals surface area contributed by atoms with Crippen LogP contribution in [0.2, 0.25) is 0 Å². The number of carbonyl (C=O) groups excluding carboxylic acids is 2. The number of piperidine rings is 1. The lowest BCUT2D eigenvalue weighted by Gasteiger charge is -2.34. The third kappa shape index (κ3) is 3.26. The number of nitrogens with zero attached hydrogens (tertiary/aromatic N) is 2. The number of hydrogen-bond acceptors (Lipinski definition) is 3. The molecule has 0 spiro atoms. The Morgan fingerprint density at radius 2 is 1.79 bits per heavy atom. The molecule has 2 fully saturated rings. The zero-order valence-electron chi connectivity index (χ0n) is 11.8. The van der Waals surface area contributed by atoms with E-state index in [1.807, 2.05) is 11.8 Å². The van der Waals surface area contributed by atoms with Crippen LogP contribution in [0.5, 0.6) is 0 Å². The van der Waals surface area contributed by atoms with Gasteiger partial charge in [0, 0.05) is 32.0 Å². The topological polar surface area (TPSA) is 60.9 Å². The fourth-order valence-corrected chi connectivity index (χ4v) is 2.56. The SMILES string of the molecule is CC(CO)N(C)C(=O)C1CCN(C(=O)C2CC2)CC1. The van der Waals surface area contributed by atoms with Crippen LogP contribution in [0.25, 0.3) is 0 Å². The van der Waals surface area contributed by atoms with E-state index in [1.54, 1.807) is 11.9 Å². The lowest BCUT2D eigenvalue weighted by Crippen LogP contribution is -2.46. The molecule has 1 N–H and O–H groups in total. The van der Waals surface area contributed by atoms with Gasteiger partial charge in [0.15, 0.2) is 0 Å². The van der Waals surface area contributed by atoms with Crippen molar-refractivity contribution in [1.82, 2.24) is 9.80 Å². The van der Waals surface area contributed by atoms with Crippen LogP contribution in [0.1, 0.15) is 32.6 Å². The van der Waals surface area contributed by atoms with Gasteiger partial charge in [0.1, 0.15) is 0 Å². The summed E-state index contributed by atoms with van der Waals surface area (Å²) in [5, 5.41) is 9.09. The summed E-state index contributed by atoms with van der Waals surface area (Å²) in [7, 11) is 1.74. The molecule has 1 saturated heterocycles. The van der Waals surface area contributed by atoms with E-state index in [0.29, 0.717) is 13.1 Å². The highest BCUT2D eigenvalue weighted by Crippen LogP contribution is 2.32. The average Bonchev–Trinajstić information content (AvgIpc) is 3.28. The summed E-state index contributed by atoms with van der Waals surface area (Å²) in [5.41, 5.74) is 0. The zero-order chi connectivity index (χ0) is 14.0. The van der Waals surface area contributed by atoms with Gasteiger partial charge in [-0.1, -0.05) is 0 Å². The summed E-state index contributed by atoms with van der Waals surface area (Å²) in [6.07, 6.45) is 3.57. The maximum absolute atomic E-state index is 12.2. The van der Waals surface area contributed by atoms with Gasteiger partial charge in [-0.25, -0.2) is 0 Å². The number of likely N-dealkylation sites (N-methyl/N-ethyl adjacent to an activating group) is 1. The molecule has 2 rings (SSSR count). The average molecular weight is 268 g/mol. The summed E-state index contributed by atoms with van der Waals surface area (Å²) in [5.74, 6) is 0.648. The first-order valence-electron chi connectivity index (χ1n) is 7.21. The van der Waals surface area contributed by atoms with Gasteiger partial charge in [0.05, 0.1) is 12.6 Å². The molecule has 0 aromatic heterocycles. The standard InChI is InChI=1S/C14H24N2O3/c1-10(9-17)15(2)13(18)12-5-7-16(8-6-12)14(19)11-3-4-11/h10-12,17H,3-9H2,1-2H3. The minimum Gasteiger partial charge on any atom is -0.394 e. The van der Waals surface area contributed by atoms with E-state index in [9.17, 15) is 9.59 Å². The van der Waals surface area contributed by atoms with Crippen LogP contribution < -0.4 is 0 Å². The first kappa shape index (κ1) is 14.3. The number of hydrogen-bond donors (Lipinski definition) is 1. The Morgan fingerprint density at radius 3 is 2.26 bits per heavy atom. The van der Waals surface area contributed by atoms with Crippen LogP contribution in [0.4, 0.5) is 0 Å². The maximum Gasteiger partial charge on any atom is 0.225 e. The van der Waals surface area contributed by atoms with Crippen molar-refractivity contribution in [3.05, 3.63) is 0 Å². The predicted octanol–water partition coefficient (Wildman–Crippen LogP) is 0.474. The van der Waals surface area contributed by atoms with E-state index in [-0.39, 0.29) is 36.3 Å². The summed E-state index contributed by atoms with van der Waals surface area (Å²) >= 11 is 0. The number of aliphatic hydroxyl groups is 1. The van der Waals surface area contributed by atoms with Crippen molar-refractivity contribution in [3.63, 3.8) is 0 Å². The van der Waals surface area contributed by atoms with Crippen molar-refractivity contribution in [3.8, 4) is 0 Å². The first-order valence-corrected chi connectivity index (χ1v) is 7.21. The van der Waals surface area contributed by atoms with Crippen molar-refractivity contribution in [2.45, 2.75) is 38.6 Å². The fraction of sp³-hybridized carbons (Fsp3) is 0.857. The van der Waals surface area contributed by atoms with Gasteiger partial charge in [-0.05, 0) is 32.6 Å². The summed E-state index contributed by atoms with van der Waals surface area (Å²) in [6, 6.07) is -0.140. The Morgan fingerprint density at radius 1 is 1.21 bits per heavy atom. The van der Waals surface area contributed by atoms with Crippen LogP contribution >= 0.6 is 0 Å². The molecule has 2 aliphatic rings. The molecule has 2 amide bonds. The molecule has 19 heavy (non-hydrogen) atoms. The molecular weight excluding hydrogens is 244 g/mol. The van der Waals surface area contributed by atoms with E-state index < -0.39 is 0 Å². The largest absolute Gasteiger partial charge is 0.394 e. The smallest absolute Gasteiger partial charge is 0.225 e. The molecule has 5 heteroatoms. The Hall–Kier alpha value is -1.10. The summed E-state index contributed by atoms with van der Waals surface area (Å²) in [4.78, 5) is 27.7. The number of rotatable bonds is 4. The van der Waals surface area contributed by atoms with Gasteiger partial charge in [0.2, 0.25) is 11.8 Å². The molecule has 1 saturated carbocycles.